The van der Waals surface area contributed by atoms with Crippen molar-refractivity contribution in [2.75, 3.05) is 0 Å². The first-order valence-electron chi connectivity index (χ1n) is 5.95. The van der Waals surface area contributed by atoms with Crippen molar-refractivity contribution >= 4 is 15.9 Å². The van der Waals surface area contributed by atoms with Crippen LogP contribution < -0.4 is 4.74 Å². The number of benzene rings is 1. The number of rotatable bonds is 4. The monoisotopic (exact) mass is 306 g/mol. The van der Waals surface area contributed by atoms with Crippen molar-refractivity contribution < 1.29 is 4.74 Å². The highest BCUT2D eigenvalue weighted by Gasteiger charge is 2.11. The van der Waals surface area contributed by atoms with Gasteiger partial charge in [0, 0.05) is 12.4 Å². The quantitative estimate of drug-likeness (QED) is 0.831. The zero-order chi connectivity index (χ0) is 13.0. The summed E-state index contributed by atoms with van der Waals surface area (Å²) < 4.78 is 6.58. The molecule has 94 valence electrons. The van der Waals surface area contributed by atoms with Crippen LogP contribution in [-0.4, -0.2) is 9.97 Å². The summed E-state index contributed by atoms with van der Waals surface area (Å²) in [5, 5.41) is 0. The highest BCUT2D eigenvalue weighted by Crippen LogP contribution is 2.30. The summed E-state index contributed by atoms with van der Waals surface area (Å²) in [6.45, 7) is 4.35. The first-order valence-corrected chi connectivity index (χ1v) is 6.74. The average molecular weight is 307 g/mol. The zero-order valence-corrected chi connectivity index (χ0v) is 12.0. The normalized spacial score (nSPS) is 12.2. The summed E-state index contributed by atoms with van der Waals surface area (Å²) >= 11 is 3.30. The molecule has 4 heteroatoms. The van der Waals surface area contributed by atoms with Gasteiger partial charge in [-0.1, -0.05) is 32.0 Å². The van der Waals surface area contributed by atoms with Gasteiger partial charge in [0.05, 0.1) is 4.47 Å². The number of nitrogens with zero attached hydrogens (tertiary/aromatic N) is 2. The van der Waals surface area contributed by atoms with E-state index in [-0.39, 0.29) is 0 Å². The second kappa shape index (κ2) is 5.96. The Morgan fingerprint density at radius 3 is 2.56 bits per heavy atom. The molecule has 0 amide bonds. The summed E-state index contributed by atoms with van der Waals surface area (Å²) in [7, 11) is 0. The molecule has 1 atom stereocenters. The van der Waals surface area contributed by atoms with E-state index >= 15 is 0 Å². The van der Waals surface area contributed by atoms with Gasteiger partial charge in [0.2, 0.25) is 0 Å². The molecule has 0 aliphatic heterocycles. The molecule has 1 heterocycles. The van der Waals surface area contributed by atoms with Gasteiger partial charge in [-0.25, -0.2) is 9.97 Å². The van der Waals surface area contributed by atoms with Crippen LogP contribution in [0.3, 0.4) is 0 Å². The standard InChI is InChI=1S/C14H15BrN2O/c1-3-10(2)12-6-4-5-7-13(12)18-14-16-8-11(15)9-17-14/h4-10H,3H2,1-2H3. The largest absolute Gasteiger partial charge is 0.424 e. The van der Waals surface area contributed by atoms with E-state index in [4.69, 9.17) is 4.74 Å². The van der Waals surface area contributed by atoms with E-state index in [2.05, 4.69) is 45.8 Å². The minimum atomic E-state index is 0.369. The van der Waals surface area contributed by atoms with Gasteiger partial charge in [-0.05, 0) is 39.9 Å². The first kappa shape index (κ1) is 13.0. The summed E-state index contributed by atoms with van der Waals surface area (Å²) in [6.07, 6.45) is 4.42. The fourth-order valence-electron chi connectivity index (χ4n) is 1.65. The van der Waals surface area contributed by atoms with Crippen molar-refractivity contribution in [2.24, 2.45) is 0 Å². The summed E-state index contributed by atoms with van der Waals surface area (Å²) in [5.74, 6) is 1.28. The van der Waals surface area contributed by atoms with Crippen LogP contribution in [0.2, 0.25) is 0 Å². The molecule has 1 unspecified atom stereocenters. The lowest BCUT2D eigenvalue weighted by molar-refractivity contribution is 0.432. The van der Waals surface area contributed by atoms with E-state index < -0.39 is 0 Å². The number of hydrogen-bond donors (Lipinski definition) is 0. The van der Waals surface area contributed by atoms with Crippen LogP contribution in [0, 0.1) is 0 Å². The zero-order valence-electron chi connectivity index (χ0n) is 10.4. The minimum Gasteiger partial charge on any atom is -0.424 e. The molecule has 0 saturated heterocycles. The second-order valence-electron chi connectivity index (χ2n) is 4.13. The van der Waals surface area contributed by atoms with E-state index in [1.807, 2.05) is 18.2 Å². The van der Waals surface area contributed by atoms with Crippen molar-refractivity contribution in [1.82, 2.24) is 9.97 Å². The highest BCUT2D eigenvalue weighted by atomic mass is 79.9. The molecule has 0 spiro atoms. The maximum Gasteiger partial charge on any atom is 0.321 e. The molecule has 0 aliphatic carbocycles. The third-order valence-corrected chi connectivity index (χ3v) is 3.27. The van der Waals surface area contributed by atoms with E-state index in [1.165, 1.54) is 5.56 Å². The van der Waals surface area contributed by atoms with Crippen LogP contribution in [0.25, 0.3) is 0 Å². The van der Waals surface area contributed by atoms with Gasteiger partial charge in [-0.15, -0.1) is 0 Å². The topological polar surface area (TPSA) is 35.0 Å². The molecular weight excluding hydrogens is 292 g/mol. The molecule has 0 fully saturated rings. The molecule has 3 nitrogen and oxygen atoms in total. The molecule has 0 aliphatic rings. The summed E-state index contributed by atoms with van der Waals surface area (Å²) in [5.41, 5.74) is 1.19. The fraction of sp³-hybridized carbons (Fsp3) is 0.286. The molecule has 1 aromatic carbocycles. The van der Waals surface area contributed by atoms with Crippen LogP contribution in [0.1, 0.15) is 31.7 Å². The number of ether oxygens (including phenoxy) is 1. The maximum atomic E-state index is 5.74. The first-order chi connectivity index (χ1) is 8.70. The Hall–Kier alpha value is -1.42. The summed E-state index contributed by atoms with van der Waals surface area (Å²) in [6, 6.07) is 8.39. The molecule has 0 saturated carbocycles. The van der Waals surface area contributed by atoms with Crippen molar-refractivity contribution in [3.8, 4) is 11.8 Å². The molecule has 0 bridgehead atoms. The Kier molecular flexibility index (Phi) is 4.31. The lowest BCUT2D eigenvalue weighted by Crippen LogP contribution is -1.98. The van der Waals surface area contributed by atoms with Gasteiger partial charge in [0.1, 0.15) is 5.75 Å². The predicted molar refractivity (Wildman–Crippen MR) is 75.0 cm³/mol. The molecule has 0 radical (unpaired) electrons. The van der Waals surface area contributed by atoms with Crippen LogP contribution in [0.4, 0.5) is 0 Å². The molecule has 1 aromatic heterocycles. The molecular formula is C14H15BrN2O. The number of hydrogen-bond acceptors (Lipinski definition) is 3. The van der Waals surface area contributed by atoms with Crippen LogP contribution in [0.15, 0.2) is 41.1 Å². The Morgan fingerprint density at radius 1 is 1.22 bits per heavy atom. The lowest BCUT2D eigenvalue weighted by atomic mass is 9.98. The Morgan fingerprint density at radius 2 is 1.89 bits per heavy atom. The van der Waals surface area contributed by atoms with E-state index in [1.54, 1.807) is 12.4 Å². The van der Waals surface area contributed by atoms with E-state index in [9.17, 15) is 0 Å². The fourth-order valence-corrected chi connectivity index (χ4v) is 1.86. The minimum absolute atomic E-state index is 0.369. The van der Waals surface area contributed by atoms with Crippen molar-refractivity contribution in [2.45, 2.75) is 26.2 Å². The molecule has 0 N–H and O–H groups in total. The summed E-state index contributed by atoms with van der Waals surface area (Å²) in [4.78, 5) is 8.24. The molecule has 18 heavy (non-hydrogen) atoms. The number of halogens is 1. The van der Waals surface area contributed by atoms with Gasteiger partial charge < -0.3 is 4.74 Å². The Bertz CT molecular complexity index is 513. The number of para-hydroxylation sites is 1. The van der Waals surface area contributed by atoms with Crippen molar-refractivity contribution in [3.05, 3.63) is 46.7 Å². The van der Waals surface area contributed by atoms with E-state index in [0.29, 0.717) is 11.9 Å². The third kappa shape index (κ3) is 3.07. The lowest BCUT2D eigenvalue weighted by Gasteiger charge is -2.14. The Labute approximate surface area is 115 Å². The molecule has 2 rings (SSSR count). The van der Waals surface area contributed by atoms with Crippen LogP contribution in [-0.2, 0) is 0 Å². The molecule has 2 aromatic rings. The van der Waals surface area contributed by atoms with Crippen molar-refractivity contribution in [3.63, 3.8) is 0 Å². The SMILES string of the molecule is CCC(C)c1ccccc1Oc1ncc(Br)cn1. The van der Waals surface area contributed by atoms with E-state index in [0.717, 1.165) is 16.6 Å². The van der Waals surface area contributed by atoms with Crippen LogP contribution >= 0.6 is 15.9 Å². The Balaban J connectivity index is 2.26. The van der Waals surface area contributed by atoms with Gasteiger partial charge in [-0.2, -0.15) is 0 Å². The van der Waals surface area contributed by atoms with Gasteiger partial charge in [-0.3, -0.25) is 0 Å². The van der Waals surface area contributed by atoms with Crippen LogP contribution in [0.5, 0.6) is 11.8 Å². The van der Waals surface area contributed by atoms with Gasteiger partial charge in [0.15, 0.2) is 0 Å². The maximum absolute atomic E-state index is 5.74. The van der Waals surface area contributed by atoms with Gasteiger partial charge >= 0.3 is 6.01 Å². The van der Waals surface area contributed by atoms with Crippen molar-refractivity contribution in [1.29, 1.82) is 0 Å². The smallest absolute Gasteiger partial charge is 0.321 e. The van der Waals surface area contributed by atoms with Gasteiger partial charge in [0.25, 0.3) is 0 Å². The predicted octanol–water partition coefficient (Wildman–Crippen LogP) is 4.54. The highest BCUT2D eigenvalue weighted by molar-refractivity contribution is 9.10. The number of aromatic nitrogens is 2. The average Bonchev–Trinajstić information content (AvgIpc) is 2.41. The third-order valence-electron chi connectivity index (χ3n) is 2.86. The second-order valence-corrected chi connectivity index (χ2v) is 5.05.